The average molecular weight is 251 g/mol. The van der Waals surface area contributed by atoms with Crippen molar-refractivity contribution in [2.24, 2.45) is 0 Å². The molecule has 5 heteroatoms. The summed E-state index contributed by atoms with van der Waals surface area (Å²) in [6.45, 7) is 6.27. The van der Waals surface area contributed by atoms with E-state index in [1.165, 1.54) is 0 Å². The SMILES string of the molecule is CCCNc1nccc(NC(C)CCN(C)C)n1. The summed E-state index contributed by atoms with van der Waals surface area (Å²) in [4.78, 5) is 10.8. The Morgan fingerprint density at radius 2 is 2.17 bits per heavy atom. The summed E-state index contributed by atoms with van der Waals surface area (Å²) >= 11 is 0. The zero-order valence-electron chi connectivity index (χ0n) is 11.9. The molecule has 1 unspecified atom stereocenters. The highest BCUT2D eigenvalue weighted by Gasteiger charge is 2.04. The highest BCUT2D eigenvalue weighted by Crippen LogP contribution is 2.08. The first kappa shape index (κ1) is 14.7. The van der Waals surface area contributed by atoms with Crippen LogP contribution in [-0.2, 0) is 0 Å². The van der Waals surface area contributed by atoms with Gasteiger partial charge in [0.1, 0.15) is 5.82 Å². The number of nitrogens with one attached hydrogen (secondary N) is 2. The zero-order chi connectivity index (χ0) is 13.4. The lowest BCUT2D eigenvalue weighted by atomic mass is 10.2. The number of hydrogen-bond acceptors (Lipinski definition) is 5. The lowest BCUT2D eigenvalue weighted by Crippen LogP contribution is -2.23. The van der Waals surface area contributed by atoms with Crippen LogP contribution in [0.2, 0.25) is 0 Å². The van der Waals surface area contributed by atoms with Gasteiger partial charge in [-0.3, -0.25) is 0 Å². The Kier molecular flexibility index (Phi) is 6.43. The van der Waals surface area contributed by atoms with Crippen LogP contribution >= 0.6 is 0 Å². The molecule has 0 aromatic carbocycles. The average Bonchev–Trinajstić information content (AvgIpc) is 2.34. The van der Waals surface area contributed by atoms with Crippen LogP contribution in [0, 0.1) is 0 Å². The summed E-state index contributed by atoms with van der Waals surface area (Å²) < 4.78 is 0. The maximum atomic E-state index is 4.43. The van der Waals surface area contributed by atoms with Gasteiger partial charge in [0, 0.05) is 18.8 Å². The topological polar surface area (TPSA) is 53.1 Å². The van der Waals surface area contributed by atoms with E-state index >= 15 is 0 Å². The second-order valence-corrected chi connectivity index (χ2v) is 4.83. The van der Waals surface area contributed by atoms with Crippen LogP contribution in [0.25, 0.3) is 0 Å². The Morgan fingerprint density at radius 1 is 1.39 bits per heavy atom. The number of rotatable bonds is 8. The zero-order valence-corrected chi connectivity index (χ0v) is 11.9. The quantitative estimate of drug-likeness (QED) is 0.740. The maximum Gasteiger partial charge on any atom is 0.224 e. The van der Waals surface area contributed by atoms with Gasteiger partial charge >= 0.3 is 0 Å². The molecule has 1 aromatic heterocycles. The van der Waals surface area contributed by atoms with Crippen LogP contribution < -0.4 is 10.6 Å². The van der Waals surface area contributed by atoms with E-state index in [0.29, 0.717) is 12.0 Å². The molecular formula is C13H25N5. The normalized spacial score (nSPS) is 12.5. The molecule has 5 nitrogen and oxygen atoms in total. The standard InChI is InChI=1S/C13H25N5/c1-5-8-14-13-15-9-6-12(17-13)16-11(2)7-10-18(3)4/h6,9,11H,5,7-8,10H2,1-4H3,(H2,14,15,16,17). The lowest BCUT2D eigenvalue weighted by molar-refractivity contribution is 0.390. The van der Waals surface area contributed by atoms with Gasteiger partial charge in [-0.15, -0.1) is 0 Å². The minimum absolute atomic E-state index is 0.404. The molecule has 0 radical (unpaired) electrons. The molecule has 0 saturated carbocycles. The van der Waals surface area contributed by atoms with Crippen molar-refractivity contribution in [3.8, 4) is 0 Å². The highest BCUT2D eigenvalue weighted by atomic mass is 15.1. The van der Waals surface area contributed by atoms with Gasteiger partial charge in [0.2, 0.25) is 5.95 Å². The molecule has 1 heterocycles. The largest absolute Gasteiger partial charge is 0.367 e. The highest BCUT2D eigenvalue weighted by molar-refractivity contribution is 5.40. The predicted molar refractivity (Wildman–Crippen MR) is 77.1 cm³/mol. The molecule has 0 bridgehead atoms. The number of aromatic nitrogens is 2. The fraction of sp³-hybridized carbons (Fsp3) is 0.692. The van der Waals surface area contributed by atoms with Crippen molar-refractivity contribution in [1.29, 1.82) is 0 Å². The van der Waals surface area contributed by atoms with Crippen molar-refractivity contribution in [2.75, 3.05) is 37.8 Å². The Balaban J connectivity index is 2.45. The summed E-state index contributed by atoms with van der Waals surface area (Å²) in [6.07, 6.45) is 3.95. The van der Waals surface area contributed by atoms with Gasteiger partial charge in [-0.1, -0.05) is 6.92 Å². The summed E-state index contributed by atoms with van der Waals surface area (Å²) in [7, 11) is 4.17. The van der Waals surface area contributed by atoms with Crippen molar-refractivity contribution >= 4 is 11.8 Å². The molecule has 2 N–H and O–H groups in total. The van der Waals surface area contributed by atoms with Gasteiger partial charge in [0.25, 0.3) is 0 Å². The minimum Gasteiger partial charge on any atom is -0.367 e. The summed E-state index contributed by atoms with van der Waals surface area (Å²) in [5.41, 5.74) is 0. The molecule has 0 spiro atoms. The molecule has 0 saturated heterocycles. The Labute approximate surface area is 110 Å². The molecule has 1 atom stereocenters. The Bertz CT molecular complexity index is 340. The Hall–Kier alpha value is -1.36. The smallest absolute Gasteiger partial charge is 0.224 e. The molecule has 0 aliphatic heterocycles. The fourth-order valence-corrected chi connectivity index (χ4v) is 1.54. The van der Waals surface area contributed by atoms with Crippen molar-refractivity contribution in [2.45, 2.75) is 32.7 Å². The van der Waals surface area contributed by atoms with Crippen LogP contribution in [0.4, 0.5) is 11.8 Å². The van der Waals surface area contributed by atoms with Crippen molar-refractivity contribution in [1.82, 2.24) is 14.9 Å². The molecule has 1 aromatic rings. The van der Waals surface area contributed by atoms with Crippen LogP contribution in [0.5, 0.6) is 0 Å². The van der Waals surface area contributed by atoms with Gasteiger partial charge < -0.3 is 15.5 Å². The predicted octanol–water partition coefficient (Wildman–Crippen LogP) is 2.05. The van der Waals surface area contributed by atoms with E-state index in [9.17, 15) is 0 Å². The molecule has 0 aliphatic carbocycles. The van der Waals surface area contributed by atoms with Crippen LogP contribution in [0.1, 0.15) is 26.7 Å². The van der Waals surface area contributed by atoms with Crippen LogP contribution in [0.3, 0.4) is 0 Å². The third-order valence-electron chi connectivity index (χ3n) is 2.59. The van der Waals surface area contributed by atoms with E-state index in [4.69, 9.17) is 0 Å². The molecule has 0 aliphatic rings. The van der Waals surface area contributed by atoms with E-state index in [1.54, 1.807) is 6.20 Å². The third-order valence-corrected chi connectivity index (χ3v) is 2.59. The Morgan fingerprint density at radius 3 is 2.83 bits per heavy atom. The molecular weight excluding hydrogens is 226 g/mol. The molecule has 1 rings (SSSR count). The molecule has 0 amide bonds. The second kappa shape index (κ2) is 7.87. The molecule has 102 valence electrons. The number of anilines is 2. The van der Waals surface area contributed by atoms with Crippen LogP contribution in [-0.4, -0.2) is 48.1 Å². The third kappa shape index (κ3) is 5.82. The van der Waals surface area contributed by atoms with E-state index in [1.807, 2.05) is 6.07 Å². The van der Waals surface area contributed by atoms with E-state index in [2.05, 4.69) is 53.4 Å². The second-order valence-electron chi connectivity index (χ2n) is 4.83. The van der Waals surface area contributed by atoms with Gasteiger partial charge in [0.05, 0.1) is 0 Å². The first-order chi connectivity index (χ1) is 8.61. The lowest BCUT2D eigenvalue weighted by Gasteiger charge is -2.17. The first-order valence-electron chi connectivity index (χ1n) is 6.60. The van der Waals surface area contributed by atoms with E-state index < -0.39 is 0 Å². The van der Waals surface area contributed by atoms with E-state index in [0.717, 1.165) is 31.7 Å². The van der Waals surface area contributed by atoms with Gasteiger partial charge in [-0.2, -0.15) is 4.98 Å². The van der Waals surface area contributed by atoms with Crippen molar-refractivity contribution in [3.63, 3.8) is 0 Å². The fourth-order valence-electron chi connectivity index (χ4n) is 1.54. The summed E-state index contributed by atoms with van der Waals surface area (Å²) in [5.74, 6) is 1.58. The first-order valence-corrected chi connectivity index (χ1v) is 6.60. The number of nitrogens with zero attached hydrogens (tertiary/aromatic N) is 3. The molecule has 0 fully saturated rings. The maximum absolute atomic E-state index is 4.43. The minimum atomic E-state index is 0.404. The summed E-state index contributed by atoms with van der Waals surface area (Å²) in [6, 6.07) is 2.31. The van der Waals surface area contributed by atoms with E-state index in [-0.39, 0.29) is 0 Å². The monoisotopic (exact) mass is 251 g/mol. The van der Waals surface area contributed by atoms with Crippen molar-refractivity contribution in [3.05, 3.63) is 12.3 Å². The molecule has 18 heavy (non-hydrogen) atoms. The number of hydrogen-bond donors (Lipinski definition) is 2. The summed E-state index contributed by atoms with van der Waals surface area (Å²) in [5, 5.41) is 6.58. The van der Waals surface area contributed by atoms with Gasteiger partial charge in [-0.05, 0) is 46.5 Å². The van der Waals surface area contributed by atoms with Crippen LogP contribution in [0.15, 0.2) is 12.3 Å². The van der Waals surface area contributed by atoms with Gasteiger partial charge in [-0.25, -0.2) is 4.98 Å². The van der Waals surface area contributed by atoms with Crippen molar-refractivity contribution < 1.29 is 0 Å². The van der Waals surface area contributed by atoms with Gasteiger partial charge in [0.15, 0.2) is 0 Å².